The van der Waals surface area contributed by atoms with Crippen LogP contribution in [-0.2, 0) is 6.54 Å². The van der Waals surface area contributed by atoms with E-state index in [2.05, 4.69) is 20.4 Å². The molecule has 0 unspecified atom stereocenters. The van der Waals surface area contributed by atoms with E-state index in [0.717, 1.165) is 11.5 Å². The molecule has 3 aromatic rings. The van der Waals surface area contributed by atoms with E-state index >= 15 is 0 Å². The molecular formula is C18H20FN5O2. The Labute approximate surface area is 149 Å². The Kier molecular flexibility index (Phi) is 4.42. The van der Waals surface area contributed by atoms with Gasteiger partial charge in [-0.25, -0.2) is 9.37 Å². The molecular weight excluding hydrogens is 337 g/mol. The normalized spacial score (nSPS) is 20.7. The number of aromatic nitrogens is 3. The molecule has 1 saturated heterocycles. The number of halogens is 1. The van der Waals surface area contributed by atoms with Crippen molar-refractivity contribution in [1.29, 1.82) is 0 Å². The Balaban J connectivity index is 1.46. The lowest BCUT2D eigenvalue weighted by molar-refractivity contribution is 0.212. The molecule has 2 aromatic heterocycles. The van der Waals surface area contributed by atoms with Crippen LogP contribution in [0.25, 0.3) is 10.9 Å². The number of anilines is 1. The zero-order valence-corrected chi connectivity index (χ0v) is 14.4. The van der Waals surface area contributed by atoms with Gasteiger partial charge in [-0.2, -0.15) is 0 Å². The zero-order chi connectivity index (χ0) is 18.1. The van der Waals surface area contributed by atoms with E-state index in [1.54, 1.807) is 18.2 Å². The molecule has 0 bridgehead atoms. The smallest absolute Gasteiger partial charge is 0.260 e. The first-order valence-electron chi connectivity index (χ1n) is 8.62. The summed E-state index contributed by atoms with van der Waals surface area (Å²) in [6.07, 6.45) is -0.452. The highest BCUT2D eigenvalue weighted by Gasteiger charge is 2.32. The second-order valence-corrected chi connectivity index (χ2v) is 6.66. The first kappa shape index (κ1) is 16.7. The van der Waals surface area contributed by atoms with Gasteiger partial charge in [0.25, 0.3) is 5.56 Å². The minimum atomic E-state index is -0.880. The lowest BCUT2D eigenvalue weighted by Crippen LogP contribution is -2.35. The van der Waals surface area contributed by atoms with E-state index in [4.69, 9.17) is 4.52 Å². The number of aryl methyl sites for hydroxylation is 1. The number of rotatable bonds is 5. The summed E-state index contributed by atoms with van der Waals surface area (Å²) in [6, 6.07) is 9.00. The van der Waals surface area contributed by atoms with E-state index < -0.39 is 6.17 Å². The second-order valence-electron chi connectivity index (χ2n) is 6.66. The quantitative estimate of drug-likeness (QED) is 0.728. The molecule has 1 aliphatic rings. The summed E-state index contributed by atoms with van der Waals surface area (Å²) in [5.74, 6) is 1.12. The fourth-order valence-corrected chi connectivity index (χ4v) is 3.40. The third-order valence-corrected chi connectivity index (χ3v) is 4.63. The minimum Gasteiger partial charge on any atom is -0.360 e. The molecule has 2 atom stereocenters. The van der Waals surface area contributed by atoms with Crippen molar-refractivity contribution in [1.82, 2.24) is 20.0 Å². The number of likely N-dealkylation sites (tertiary alicyclic amines) is 1. The van der Waals surface area contributed by atoms with E-state index in [1.807, 2.05) is 24.0 Å². The number of hydrogen-bond acceptors (Lipinski definition) is 6. The fraction of sp³-hybridized carbons (Fsp3) is 0.389. The first-order valence-corrected chi connectivity index (χ1v) is 8.62. The molecule has 2 N–H and O–H groups in total. The maximum absolute atomic E-state index is 13.9. The molecule has 4 rings (SSSR count). The number of alkyl halides is 1. The van der Waals surface area contributed by atoms with E-state index in [1.165, 1.54) is 0 Å². The number of para-hydroxylation sites is 1. The van der Waals surface area contributed by atoms with E-state index in [9.17, 15) is 9.18 Å². The Morgan fingerprint density at radius 3 is 3.08 bits per heavy atom. The molecule has 26 heavy (non-hydrogen) atoms. The average Bonchev–Trinajstić information content (AvgIpc) is 3.18. The molecule has 0 spiro atoms. The van der Waals surface area contributed by atoms with Gasteiger partial charge in [-0.1, -0.05) is 17.3 Å². The van der Waals surface area contributed by atoms with Crippen molar-refractivity contribution in [2.24, 2.45) is 0 Å². The van der Waals surface area contributed by atoms with Gasteiger partial charge in [0, 0.05) is 25.2 Å². The predicted octanol–water partition coefficient (Wildman–Crippen LogP) is 2.24. The summed E-state index contributed by atoms with van der Waals surface area (Å²) >= 11 is 0. The summed E-state index contributed by atoms with van der Waals surface area (Å²) in [5.41, 5.74) is 1.24. The van der Waals surface area contributed by atoms with Gasteiger partial charge in [-0.3, -0.25) is 14.7 Å². The van der Waals surface area contributed by atoms with Crippen LogP contribution in [0.1, 0.15) is 17.9 Å². The number of nitrogens with one attached hydrogen (secondary N) is 2. The van der Waals surface area contributed by atoms with Gasteiger partial charge in [-0.05, 0) is 25.5 Å². The summed E-state index contributed by atoms with van der Waals surface area (Å²) in [6.45, 7) is 3.20. The maximum Gasteiger partial charge on any atom is 0.260 e. The fourth-order valence-electron chi connectivity index (χ4n) is 3.40. The van der Waals surface area contributed by atoms with Crippen LogP contribution < -0.4 is 10.9 Å². The Morgan fingerprint density at radius 2 is 2.27 bits per heavy atom. The molecule has 0 amide bonds. The minimum absolute atomic E-state index is 0.0211. The number of benzene rings is 1. The third kappa shape index (κ3) is 3.45. The molecule has 136 valence electrons. The van der Waals surface area contributed by atoms with Crippen LogP contribution in [0.5, 0.6) is 0 Å². The van der Waals surface area contributed by atoms with Crippen molar-refractivity contribution in [3.63, 3.8) is 0 Å². The highest BCUT2D eigenvalue weighted by Crippen LogP contribution is 2.23. The van der Waals surface area contributed by atoms with Crippen molar-refractivity contribution < 1.29 is 8.91 Å². The maximum atomic E-state index is 13.9. The number of H-pyrrole nitrogens is 1. The van der Waals surface area contributed by atoms with Crippen molar-refractivity contribution in [2.75, 3.05) is 18.4 Å². The van der Waals surface area contributed by atoms with Crippen molar-refractivity contribution in [2.45, 2.75) is 32.1 Å². The van der Waals surface area contributed by atoms with Crippen LogP contribution in [0.15, 0.2) is 39.6 Å². The van der Waals surface area contributed by atoms with Gasteiger partial charge < -0.3 is 9.84 Å². The van der Waals surface area contributed by atoms with Crippen LogP contribution in [0.3, 0.4) is 0 Å². The predicted molar refractivity (Wildman–Crippen MR) is 95.8 cm³/mol. The number of fused-ring (bicyclic) bond motifs is 1. The van der Waals surface area contributed by atoms with Gasteiger partial charge in [0.2, 0.25) is 5.95 Å². The van der Waals surface area contributed by atoms with Gasteiger partial charge in [0.05, 0.1) is 23.1 Å². The molecule has 1 fully saturated rings. The van der Waals surface area contributed by atoms with Crippen LogP contribution in [0.4, 0.5) is 10.3 Å². The summed E-state index contributed by atoms with van der Waals surface area (Å²) in [7, 11) is 0. The Hall–Kier alpha value is -2.74. The molecule has 0 radical (unpaired) electrons. The van der Waals surface area contributed by atoms with Crippen molar-refractivity contribution in [3.05, 3.63) is 52.1 Å². The van der Waals surface area contributed by atoms with Gasteiger partial charge in [0.15, 0.2) is 5.76 Å². The lowest BCUT2D eigenvalue weighted by Gasteiger charge is -2.23. The molecule has 8 heteroatoms. The van der Waals surface area contributed by atoms with E-state index in [-0.39, 0.29) is 11.6 Å². The molecule has 1 aromatic carbocycles. The van der Waals surface area contributed by atoms with Gasteiger partial charge in [0.1, 0.15) is 6.17 Å². The monoisotopic (exact) mass is 357 g/mol. The number of aromatic amines is 1. The summed E-state index contributed by atoms with van der Waals surface area (Å²) in [4.78, 5) is 21.3. The number of nitrogens with zero attached hydrogens (tertiary/aromatic N) is 3. The summed E-state index contributed by atoms with van der Waals surface area (Å²) < 4.78 is 19.2. The Morgan fingerprint density at radius 1 is 1.42 bits per heavy atom. The van der Waals surface area contributed by atoms with E-state index in [0.29, 0.717) is 42.9 Å². The Bertz CT molecular complexity index is 969. The highest BCUT2D eigenvalue weighted by atomic mass is 19.1. The SMILES string of the molecule is Cc1cc(CN2C[C@@H](F)C[C@H]2CNc2nc3ccccc3c(=O)[nH]2)on1. The van der Waals surface area contributed by atoms with Crippen LogP contribution in [0, 0.1) is 6.92 Å². The second kappa shape index (κ2) is 6.87. The summed E-state index contributed by atoms with van der Waals surface area (Å²) in [5, 5.41) is 7.56. The third-order valence-electron chi connectivity index (χ3n) is 4.63. The van der Waals surface area contributed by atoms with Crippen LogP contribution in [-0.4, -0.2) is 45.3 Å². The van der Waals surface area contributed by atoms with Crippen molar-refractivity contribution in [3.8, 4) is 0 Å². The average molecular weight is 357 g/mol. The largest absolute Gasteiger partial charge is 0.360 e. The standard InChI is InChI=1S/C18H20FN5O2/c1-11-6-14(26-23-11)10-24-9-12(19)7-13(24)8-20-18-21-16-5-3-2-4-15(16)17(25)22-18/h2-6,12-13H,7-10H2,1H3,(H2,20,21,22,25)/t12-,13-/m0/s1. The van der Waals surface area contributed by atoms with Crippen molar-refractivity contribution >= 4 is 16.9 Å². The van der Waals surface area contributed by atoms with Gasteiger partial charge >= 0.3 is 0 Å². The van der Waals surface area contributed by atoms with Crippen LogP contribution >= 0.6 is 0 Å². The molecule has 1 aliphatic heterocycles. The molecule has 0 saturated carbocycles. The molecule has 7 nitrogen and oxygen atoms in total. The van der Waals surface area contributed by atoms with Gasteiger partial charge in [-0.15, -0.1) is 0 Å². The lowest BCUT2D eigenvalue weighted by atomic mass is 10.2. The molecule has 3 heterocycles. The molecule has 0 aliphatic carbocycles. The highest BCUT2D eigenvalue weighted by molar-refractivity contribution is 5.78. The number of hydrogen-bond donors (Lipinski definition) is 2. The van der Waals surface area contributed by atoms with Crippen LogP contribution in [0.2, 0.25) is 0 Å². The zero-order valence-electron chi connectivity index (χ0n) is 14.4. The first-order chi connectivity index (χ1) is 12.6. The topological polar surface area (TPSA) is 87.0 Å².